The van der Waals surface area contributed by atoms with E-state index in [1.54, 1.807) is 42.7 Å². The number of hydrogen-bond donors (Lipinski definition) is 3. The Hall–Kier alpha value is -3.19. The predicted octanol–water partition coefficient (Wildman–Crippen LogP) is 1.34. The molecule has 0 fully saturated rings. The maximum atomic E-state index is 11.8. The fraction of sp³-hybridized carbons (Fsp3) is 0.167. The van der Waals surface area contributed by atoms with Gasteiger partial charge in [0.2, 0.25) is 5.91 Å². The molecule has 7 nitrogen and oxygen atoms in total. The molecule has 2 aromatic rings. The monoisotopic (exact) mass is 341 g/mol. The Balaban J connectivity index is 1.76. The number of hydroxylamine groups is 1. The molecule has 7 heteroatoms. The highest BCUT2D eigenvalue weighted by Crippen LogP contribution is 2.13. The molecule has 0 saturated heterocycles. The van der Waals surface area contributed by atoms with Crippen molar-refractivity contribution in [2.24, 2.45) is 0 Å². The maximum absolute atomic E-state index is 11.8. The van der Waals surface area contributed by atoms with Crippen molar-refractivity contribution in [2.75, 3.05) is 13.2 Å². The van der Waals surface area contributed by atoms with E-state index in [9.17, 15) is 9.59 Å². The van der Waals surface area contributed by atoms with Crippen molar-refractivity contribution in [3.05, 3.63) is 66.0 Å². The summed E-state index contributed by atoms with van der Waals surface area (Å²) in [6.45, 7) is 0.201. The van der Waals surface area contributed by atoms with Crippen molar-refractivity contribution in [1.82, 2.24) is 15.8 Å². The summed E-state index contributed by atoms with van der Waals surface area (Å²) in [5.41, 5.74) is 3.31. The lowest BCUT2D eigenvalue weighted by Crippen LogP contribution is -2.25. The quantitative estimate of drug-likeness (QED) is 0.382. The number of benzene rings is 1. The molecule has 0 bridgehead atoms. The first kappa shape index (κ1) is 18.2. The molecule has 0 aliphatic heterocycles. The summed E-state index contributed by atoms with van der Waals surface area (Å²) in [6, 6.07) is 10.9. The fourth-order valence-corrected chi connectivity index (χ4v) is 2.01. The third kappa shape index (κ3) is 6.84. The average Bonchev–Trinajstić information content (AvgIpc) is 2.65. The molecule has 0 spiro atoms. The summed E-state index contributed by atoms with van der Waals surface area (Å²) in [4.78, 5) is 26.7. The molecule has 1 aromatic heterocycles. The fourth-order valence-electron chi connectivity index (χ4n) is 2.01. The van der Waals surface area contributed by atoms with Gasteiger partial charge in [-0.1, -0.05) is 18.2 Å². The van der Waals surface area contributed by atoms with Crippen molar-refractivity contribution in [3.8, 4) is 5.75 Å². The van der Waals surface area contributed by atoms with E-state index < -0.39 is 5.91 Å². The zero-order valence-electron chi connectivity index (χ0n) is 13.5. The second-order valence-electron chi connectivity index (χ2n) is 5.13. The molecule has 3 N–H and O–H groups in total. The number of hydrogen-bond acceptors (Lipinski definition) is 5. The summed E-state index contributed by atoms with van der Waals surface area (Å²) in [5, 5.41) is 11.2. The van der Waals surface area contributed by atoms with Crippen LogP contribution in [0.5, 0.6) is 5.75 Å². The minimum absolute atomic E-state index is 0.184. The highest BCUT2D eigenvalue weighted by atomic mass is 16.5. The van der Waals surface area contributed by atoms with E-state index in [-0.39, 0.29) is 12.5 Å². The third-order valence-electron chi connectivity index (χ3n) is 3.22. The van der Waals surface area contributed by atoms with Gasteiger partial charge in [0, 0.05) is 25.0 Å². The molecule has 130 valence electrons. The molecule has 0 saturated carbocycles. The van der Waals surface area contributed by atoms with Gasteiger partial charge in [-0.15, -0.1) is 0 Å². The van der Waals surface area contributed by atoms with E-state index in [1.165, 1.54) is 11.6 Å². The number of carbonyl (C=O) groups excluding carboxylic acids is 2. The molecule has 1 heterocycles. The minimum Gasteiger partial charge on any atom is -0.484 e. The number of aromatic nitrogens is 1. The van der Waals surface area contributed by atoms with Gasteiger partial charge in [0.05, 0.1) is 0 Å². The molecule has 0 atom stereocenters. The Morgan fingerprint density at radius 1 is 1.24 bits per heavy atom. The number of nitrogens with one attached hydrogen (secondary N) is 2. The molecule has 1 aromatic carbocycles. The second kappa shape index (κ2) is 9.84. The molecule has 0 unspecified atom stereocenters. The Morgan fingerprint density at radius 2 is 2.12 bits per heavy atom. The Bertz CT molecular complexity index is 732. The van der Waals surface area contributed by atoms with Gasteiger partial charge < -0.3 is 10.1 Å². The molecule has 0 aliphatic rings. The molecular formula is C18H19N3O4. The Morgan fingerprint density at radius 3 is 2.88 bits per heavy atom. The average molecular weight is 341 g/mol. The maximum Gasteiger partial charge on any atom is 0.281 e. The summed E-state index contributed by atoms with van der Waals surface area (Å²) >= 11 is 0. The van der Waals surface area contributed by atoms with Crippen molar-refractivity contribution in [3.63, 3.8) is 0 Å². The van der Waals surface area contributed by atoms with Gasteiger partial charge in [0.25, 0.3) is 5.91 Å². The lowest BCUT2D eigenvalue weighted by Gasteiger charge is -2.07. The van der Waals surface area contributed by atoms with E-state index in [1.807, 2.05) is 12.1 Å². The van der Waals surface area contributed by atoms with Gasteiger partial charge in [0.1, 0.15) is 5.75 Å². The van der Waals surface area contributed by atoms with E-state index in [0.29, 0.717) is 18.7 Å². The summed E-state index contributed by atoms with van der Waals surface area (Å²) in [7, 11) is 0. The number of carbonyl (C=O) groups is 2. The van der Waals surface area contributed by atoms with Crippen LogP contribution in [0.4, 0.5) is 0 Å². The number of amides is 2. The van der Waals surface area contributed by atoms with Gasteiger partial charge in [-0.05, 0) is 41.8 Å². The highest BCUT2D eigenvalue weighted by molar-refractivity contribution is 5.91. The number of pyridine rings is 1. The molecule has 2 rings (SSSR count). The SMILES string of the molecule is O=C(C=Cc1cccnc1)NCCc1cccc(OCC(=O)NO)c1. The Kier molecular flexibility index (Phi) is 7.14. The van der Waals surface area contributed by atoms with E-state index in [4.69, 9.17) is 9.94 Å². The first-order valence-corrected chi connectivity index (χ1v) is 7.68. The van der Waals surface area contributed by atoms with Crippen LogP contribution in [0.1, 0.15) is 11.1 Å². The van der Waals surface area contributed by atoms with Crippen LogP contribution in [0.15, 0.2) is 54.9 Å². The number of nitrogens with zero attached hydrogens (tertiary/aromatic N) is 1. The zero-order valence-corrected chi connectivity index (χ0v) is 13.5. The molecule has 2 amide bonds. The van der Waals surface area contributed by atoms with E-state index in [0.717, 1.165) is 11.1 Å². The lowest BCUT2D eigenvalue weighted by atomic mass is 10.1. The molecular weight excluding hydrogens is 322 g/mol. The van der Waals surface area contributed by atoms with E-state index in [2.05, 4.69) is 10.3 Å². The number of ether oxygens (including phenoxy) is 1. The van der Waals surface area contributed by atoms with Crippen molar-refractivity contribution < 1.29 is 19.5 Å². The van der Waals surface area contributed by atoms with Crippen LogP contribution in [0.25, 0.3) is 6.08 Å². The lowest BCUT2D eigenvalue weighted by molar-refractivity contribution is -0.131. The summed E-state index contributed by atoms with van der Waals surface area (Å²) in [6.07, 6.45) is 7.13. The first-order chi connectivity index (χ1) is 12.2. The van der Waals surface area contributed by atoms with Gasteiger partial charge in [-0.3, -0.25) is 19.8 Å². The van der Waals surface area contributed by atoms with Crippen LogP contribution >= 0.6 is 0 Å². The van der Waals surface area contributed by atoms with Gasteiger partial charge in [0.15, 0.2) is 6.61 Å². The van der Waals surface area contributed by atoms with Crippen molar-refractivity contribution in [2.45, 2.75) is 6.42 Å². The zero-order chi connectivity index (χ0) is 17.9. The van der Waals surface area contributed by atoms with Crippen LogP contribution in [-0.2, 0) is 16.0 Å². The second-order valence-corrected chi connectivity index (χ2v) is 5.13. The molecule has 25 heavy (non-hydrogen) atoms. The van der Waals surface area contributed by atoms with Crippen LogP contribution in [0.2, 0.25) is 0 Å². The summed E-state index contributed by atoms with van der Waals surface area (Å²) in [5.74, 6) is -0.294. The smallest absolute Gasteiger partial charge is 0.281 e. The first-order valence-electron chi connectivity index (χ1n) is 7.68. The van der Waals surface area contributed by atoms with Gasteiger partial charge in [-0.2, -0.15) is 0 Å². The number of rotatable bonds is 8. The van der Waals surface area contributed by atoms with Crippen molar-refractivity contribution in [1.29, 1.82) is 0 Å². The van der Waals surface area contributed by atoms with Crippen LogP contribution in [-0.4, -0.2) is 35.2 Å². The topological polar surface area (TPSA) is 101 Å². The predicted molar refractivity (Wildman–Crippen MR) is 91.9 cm³/mol. The third-order valence-corrected chi connectivity index (χ3v) is 3.22. The van der Waals surface area contributed by atoms with Crippen LogP contribution in [0.3, 0.4) is 0 Å². The highest BCUT2D eigenvalue weighted by Gasteiger charge is 2.02. The van der Waals surface area contributed by atoms with Crippen LogP contribution in [0, 0.1) is 0 Å². The standard InChI is InChI=1S/C18H19N3O4/c22-17(7-6-15-4-2-9-19-12-15)20-10-8-14-3-1-5-16(11-14)25-13-18(23)21-24/h1-7,9,11-12,24H,8,10,13H2,(H,20,22)(H,21,23). The molecule has 0 radical (unpaired) electrons. The Labute approximate surface area is 145 Å². The van der Waals surface area contributed by atoms with Crippen LogP contribution < -0.4 is 15.5 Å². The van der Waals surface area contributed by atoms with Crippen molar-refractivity contribution >= 4 is 17.9 Å². The summed E-state index contributed by atoms with van der Waals surface area (Å²) < 4.78 is 5.24. The minimum atomic E-state index is -0.627. The van der Waals surface area contributed by atoms with Gasteiger partial charge in [-0.25, -0.2) is 5.48 Å². The largest absolute Gasteiger partial charge is 0.484 e. The van der Waals surface area contributed by atoms with E-state index >= 15 is 0 Å². The normalized spacial score (nSPS) is 10.4. The van der Waals surface area contributed by atoms with Gasteiger partial charge >= 0.3 is 0 Å². The molecule has 0 aliphatic carbocycles.